The second kappa shape index (κ2) is 27.6. The van der Waals surface area contributed by atoms with Gasteiger partial charge in [-0.1, -0.05) is 25.7 Å². The molecule has 0 rings (SSSR count). The van der Waals surface area contributed by atoms with E-state index in [-0.39, 0.29) is 0 Å². The lowest BCUT2D eigenvalue weighted by Gasteiger charge is -1.97. The standard InChI is InChI=1S/C8H20N2.3C2H4O2/c9-7-5-3-1-2-4-6-8-10;3*1-2(3)4/h1-10H2;3*1H3,(H,3,4). The molecule has 0 fully saturated rings. The molecular formula is C14H32N2O6. The molecule has 0 aliphatic carbocycles. The lowest BCUT2D eigenvalue weighted by Crippen LogP contribution is -1.99. The molecule has 0 saturated carbocycles. The molecule has 0 aliphatic heterocycles. The van der Waals surface area contributed by atoms with Crippen molar-refractivity contribution in [2.75, 3.05) is 13.1 Å². The van der Waals surface area contributed by atoms with Crippen molar-refractivity contribution in [2.24, 2.45) is 11.5 Å². The highest BCUT2D eigenvalue weighted by Gasteiger charge is 1.87. The number of hydrogen-bond acceptors (Lipinski definition) is 5. The van der Waals surface area contributed by atoms with E-state index in [1.165, 1.54) is 38.5 Å². The highest BCUT2D eigenvalue weighted by atomic mass is 16.4. The summed E-state index contributed by atoms with van der Waals surface area (Å²) in [6, 6.07) is 0. The van der Waals surface area contributed by atoms with Gasteiger partial charge in [0.05, 0.1) is 0 Å². The fourth-order valence-corrected chi connectivity index (χ4v) is 0.996. The van der Waals surface area contributed by atoms with Crippen molar-refractivity contribution in [1.29, 1.82) is 0 Å². The number of nitrogens with two attached hydrogens (primary N) is 2. The van der Waals surface area contributed by atoms with Crippen LogP contribution in [0.1, 0.15) is 59.3 Å². The van der Waals surface area contributed by atoms with Gasteiger partial charge in [-0.15, -0.1) is 0 Å². The Morgan fingerprint density at radius 3 is 0.864 bits per heavy atom. The topological polar surface area (TPSA) is 164 Å². The van der Waals surface area contributed by atoms with E-state index in [9.17, 15) is 0 Å². The number of carbonyl (C=O) groups is 3. The van der Waals surface area contributed by atoms with Crippen LogP contribution >= 0.6 is 0 Å². The van der Waals surface area contributed by atoms with E-state index in [1.807, 2.05) is 0 Å². The Kier molecular flexibility index (Phi) is 35.8. The van der Waals surface area contributed by atoms with Crippen molar-refractivity contribution in [3.8, 4) is 0 Å². The maximum absolute atomic E-state index is 9.00. The first kappa shape index (κ1) is 28.5. The van der Waals surface area contributed by atoms with Crippen LogP contribution < -0.4 is 11.5 Å². The fraction of sp³-hybridized carbons (Fsp3) is 0.786. The Morgan fingerprint density at radius 2 is 0.727 bits per heavy atom. The zero-order valence-corrected chi connectivity index (χ0v) is 13.9. The van der Waals surface area contributed by atoms with Crippen LogP contribution in [0.25, 0.3) is 0 Å². The van der Waals surface area contributed by atoms with Gasteiger partial charge in [-0.05, 0) is 25.9 Å². The van der Waals surface area contributed by atoms with E-state index < -0.39 is 17.9 Å². The van der Waals surface area contributed by atoms with Crippen molar-refractivity contribution in [2.45, 2.75) is 59.3 Å². The lowest BCUT2D eigenvalue weighted by molar-refractivity contribution is -0.135. The fourth-order valence-electron chi connectivity index (χ4n) is 0.996. The highest BCUT2D eigenvalue weighted by molar-refractivity contribution is 5.63. The summed E-state index contributed by atoms with van der Waals surface area (Å²) in [6.45, 7) is 4.94. The first-order chi connectivity index (χ1) is 10.1. The summed E-state index contributed by atoms with van der Waals surface area (Å²) in [5.41, 5.74) is 10.7. The van der Waals surface area contributed by atoms with Crippen LogP contribution in [0.15, 0.2) is 0 Å². The van der Waals surface area contributed by atoms with Crippen LogP contribution in [-0.4, -0.2) is 46.3 Å². The molecule has 0 radical (unpaired) electrons. The Labute approximate surface area is 132 Å². The molecular weight excluding hydrogens is 292 g/mol. The predicted molar refractivity (Wildman–Crippen MR) is 85.7 cm³/mol. The van der Waals surface area contributed by atoms with E-state index in [0.717, 1.165) is 33.9 Å². The summed E-state index contributed by atoms with van der Waals surface area (Å²) in [7, 11) is 0. The molecule has 8 heteroatoms. The maximum Gasteiger partial charge on any atom is 0.300 e. The molecule has 0 bridgehead atoms. The summed E-state index contributed by atoms with van der Waals surface area (Å²) in [5, 5.41) is 22.2. The monoisotopic (exact) mass is 324 g/mol. The molecule has 0 aromatic heterocycles. The van der Waals surface area contributed by atoms with Crippen LogP contribution in [0.5, 0.6) is 0 Å². The molecule has 0 amide bonds. The van der Waals surface area contributed by atoms with Gasteiger partial charge in [-0.25, -0.2) is 0 Å². The normalized spacial score (nSPS) is 8.05. The SMILES string of the molecule is CC(=O)O.CC(=O)O.CC(=O)O.NCCCCCCCCN. The minimum absolute atomic E-state index is 0.833. The molecule has 7 N–H and O–H groups in total. The minimum atomic E-state index is -0.833. The summed E-state index contributed by atoms with van der Waals surface area (Å²) in [4.78, 5) is 27.0. The average Bonchev–Trinajstić information content (AvgIpc) is 2.31. The van der Waals surface area contributed by atoms with E-state index in [1.54, 1.807) is 0 Å². The van der Waals surface area contributed by atoms with Gasteiger partial charge in [0.25, 0.3) is 17.9 Å². The molecule has 0 saturated heterocycles. The summed E-state index contributed by atoms with van der Waals surface area (Å²) >= 11 is 0. The quantitative estimate of drug-likeness (QED) is 0.440. The van der Waals surface area contributed by atoms with Gasteiger partial charge in [0.2, 0.25) is 0 Å². The summed E-state index contributed by atoms with van der Waals surface area (Å²) in [6.07, 6.45) is 7.61. The molecule has 0 atom stereocenters. The summed E-state index contributed by atoms with van der Waals surface area (Å²) < 4.78 is 0. The Bertz CT molecular complexity index is 211. The molecule has 0 aromatic carbocycles. The van der Waals surface area contributed by atoms with Gasteiger partial charge in [0.1, 0.15) is 0 Å². The molecule has 0 spiro atoms. The van der Waals surface area contributed by atoms with Gasteiger partial charge in [-0.3, -0.25) is 14.4 Å². The zero-order valence-electron chi connectivity index (χ0n) is 13.9. The predicted octanol–water partition coefficient (Wildman–Crippen LogP) is 1.52. The van der Waals surface area contributed by atoms with Crippen LogP contribution in [0.3, 0.4) is 0 Å². The van der Waals surface area contributed by atoms with E-state index in [2.05, 4.69) is 0 Å². The van der Waals surface area contributed by atoms with Crippen LogP contribution in [0.2, 0.25) is 0 Å². The van der Waals surface area contributed by atoms with Crippen LogP contribution in [-0.2, 0) is 14.4 Å². The average molecular weight is 324 g/mol. The number of aliphatic carboxylic acids is 3. The van der Waals surface area contributed by atoms with Gasteiger partial charge >= 0.3 is 0 Å². The van der Waals surface area contributed by atoms with E-state index >= 15 is 0 Å². The third-order valence-corrected chi connectivity index (χ3v) is 1.66. The van der Waals surface area contributed by atoms with Gasteiger partial charge in [-0.2, -0.15) is 0 Å². The first-order valence-corrected chi connectivity index (χ1v) is 7.10. The largest absolute Gasteiger partial charge is 0.481 e. The summed E-state index contributed by atoms with van der Waals surface area (Å²) in [5.74, 6) is -2.50. The maximum atomic E-state index is 9.00. The Balaban J connectivity index is -0.000000112. The number of unbranched alkanes of at least 4 members (excludes halogenated alkanes) is 5. The smallest absolute Gasteiger partial charge is 0.300 e. The molecule has 134 valence electrons. The molecule has 0 aliphatic rings. The number of hydrogen-bond donors (Lipinski definition) is 5. The van der Waals surface area contributed by atoms with Crippen molar-refractivity contribution in [3.05, 3.63) is 0 Å². The second-order valence-corrected chi connectivity index (χ2v) is 4.26. The van der Waals surface area contributed by atoms with Gasteiger partial charge in [0, 0.05) is 20.8 Å². The van der Waals surface area contributed by atoms with E-state index in [4.69, 9.17) is 41.2 Å². The number of carboxylic acid groups (broad SMARTS) is 3. The van der Waals surface area contributed by atoms with Crippen molar-refractivity contribution in [1.82, 2.24) is 0 Å². The van der Waals surface area contributed by atoms with Crippen molar-refractivity contribution >= 4 is 17.9 Å². The Hall–Kier alpha value is -1.67. The Morgan fingerprint density at radius 1 is 0.591 bits per heavy atom. The first-order valence-electron chi connectivity index (χ1n) is 7.10. The number of carboxylic acids is 3. The number of rotatable bonds is 7. The lowest BCUT2D eigenvalue weighted by atomic mass is 10.1. The molecule has 0 aromatic rings. The van der Waals surface area contributed by atoms with Crippen molar-refractivity contribution in [3.63, 3.8) is 0 Å². The van der Waals surface area contributed by atoms with Crippen LogP contribution in [0, 0.1) is 0 Å². The van der Waals surface area contributed by atoms with Crippen molar-refractivity contribution < 1.29 is 29.7 Å². The highest BCUT2D eigenvalue weighted by Crippen LogP contribution is 2.03. The van der Waals surface area contributed by atoms with E-state index in [0.29, 0.717) is 0 Å². The minimum Gasteiger partial charge on any atom is -0.481 e. The second-order valence-electron chi connectivity index (χ2n) is 4.26. The third-order valence-electron chi connectivity index (χ3n) is 1.66. The molecule has 22 heavy (non-hydrogen) atoms. The zero-order chi connectivity index (χ0) is 18.4. The molecule has 0 heterocycles. The van der Waals surface area contributed by atoms with Gasteiger partial charge in [0.15, 0.2) is 0 Å². The van der Waals surface area contributed by atoms with Crippen LogP contribution in [0.4, 0.5) is 0 Å². The van der Waals surface area contributed by atoms with Gasteiger partial charge < -0.3 is 26.8 Å². The third kappa shape index (κ3) is 194. The molecule has 0 unspecified atom stereocenters. The molecule has 8 nitrogen and oxygen atoms in total.